The van der Waals surface area contributed by atoms with Gasteiger partial charge >= 0.3 is 5.97 Å². The second-order valence-electron chi connectivity index (χ2n) is 7.03. The molecule has 1 amide bonds. The quantitative estimate of drug-likeness (QED) is 0.527. The molecule has 0 atom stereocenters. The molecule has 164 valence electrons. The molecule has 0 aliphatic heterocycles. The van der Waals surface area contributed by atoms with Crippen molar-refractivity contribution in [2.24, 2.45) is 0 Å². The highest BCUT2D eigenvalue weighted by Gasteiger charge is 2.19. The third-order valence-electron chi connectivity index (χ3n) is 5.12. The van der Waals surface area contributed by atoms with Gasteiger partial charge in [0.15, 0.2) is 0 Å². The minimum Gasteiger partial charge on any atom is -0.461 e. The standard InChI is InChI=1S/C23H27FN4O3/c1-4-19-21(28-15-17(24)9-12-20(28)26-19)22(29)25-18-10-7-16(8-11-18)23(30)31-14-13-27(5-2)6-3/h7-12,15H,4-6,13-14H2,1-3H3,(H,25,29). The van der Waals surface area contributed by atoms with Crippen molar-refractivity contribution in [3.63, 3.8) is 0 Å². The number of aromatic nitrogens is 2. The van der Waals surface area contributed by atoms with Crippen LogP contribution in [0.15, 0.2) is 42.6 Å². The molecule has 0 fully saturated rings. The number of carbonyl (C=O) groups is 2. The van der Waals surface area contributed by atoms with Crippen molar-refractivity contribution >= 4 is 23.2 Å². The highest BCUT2D eigenvalue weighted by Crippen LogP contribution is 2.18. The van der Waals surface area contributed by atoms with E-state index in [2.05, 4.69) is 29.0 Å². The van der Waals surface area contributed by atoms with E-state index in [9.17, 15) is 14.0 Å². The fraction of sp³-hybridized carbons (Fsp3) is 0.348. The molecule has 0 radical (unpaired) electrons. The minimum atomic E-state index is -0.453. The van der Waals surface area contributed by atoms with E-state index in [4.69, 9.17) is 4.74 Å². The topological polar surface area (TPSA) is 75.9 Å². The Morgan fingerprint density at radius 1 is 1.10 bits per heavy atom. The van der Waals surface area contributed by atoms with Gasteiger partial charge in [-0.3, -0.25) is 9.20 Å². The molecule has 3 rings (SSSR count). The van der Waals surface area contributed by atoms with Crippen molar-refractivity contribution in [3.05, 3.63) is 65.4 Å². The average Bonchev–Trinajstić information content (AvgIpc) is 3.15. The molecule has 31 heavy (non-hydrogen) atoms. The molecule has 2 heterocycles. The molecule has 0 aliphatic rings. The van der Waals surface area contributed by atoms with Crippen LogP contribution < -0.4 is 5.32 Å². The monoisotopic (exact) mass is 426 g/mol. The number of esters is 1. The number of ether oxygens (including phenoxy) is 1. The molecule has 0 spiro atoms. The summed E-state index contributed by atoms with van der Waals surface area (Å²) < 4.78 is 20.5. The molecule has 2 aromatic heterocycles. The van der Waals surface area contributed by atoms with Crippen LogP contribution in [0.3, 0.4) is 0 Å². The molecule has 0 aliphatic carbocycles. The van der Waals surface area contributed by atoms with Gasteiger partial charge in [0.25, 0.3) is 5.91 Å². The predicted octanol–water partition coefficient (Wildman–Crippen LogP) is 3.79. The van der Waals surface area contributed by atoms with Crippen molar-refractivity contribution in [2.45, 2.75) is 27.2 Å². The van der Waals surface area contributed by atoms with Crippen LogP contribution in [0, 0.1) is 5.82 Å². The average molecular weight is 426 g/mol. The van der Waals surface area contributed by atoms with E-state index in [0.717, 1.165) is 13.1 Å². The number of rotatable bonds is 9. The maximum atomic E-state index is 13.7. The number of aryl methyl sites for hydroxylation is 1. The number of likely N-dealkylation sites (N-methyl/N-ethyl adjacent to an activating group) is 1. The summed E-state index contributed by atoms with van der Waals surface area (Å²) in [5.74, 6) is -1.26. The second kappa shape index (κ2) is 10.2. The van der Waals surface area contributed by atoms with Gasteiger partial charge in [-0.1, -0.05) is 20.8 Å². The number of carbonyl (C=O) groups excluding carboxylic acids is 2. The first-order valence-corrected chi connectivity index (χ1v) is 10.4. The molecule has 8 heteroatoms. The normalized spacial score (nSPS) is 11.1. The van der Waals surface area contributed by atoms with Crippen LogP contribution >= 0.6 is 0 Å². The Hall–Kier alpha value is -3.26. The number of nitrogens with one attached hydrogen (secondary N) is 1. The van der Waals surface area contributed by atoms with Gasteiger partial charge in [0.05, 0.1) is 11.3 Å². The van der Waals surface area contributed by atoms with Gasteiger partial charge in [0, 0.05) is 18.4 Å². The first kappa shape index (κ1) is 22.4. The fourth-order valence-electron chi connectivity index (χ4n) is 3.32. The number of benzene rings is 1. The Morgan fingerprint density at radius 3 is 2.45 bits per heavy atom. The van der Waals surface area contributed by atoms with Crippen LogP contribution in [0.5, 0.6) is 0 Å². The summed E-state index contributed by atoms with van der Waals surface area (Å²) in [6.45, 7) is 8.82. The zero-order chi connectivity index (χ0) is 22.4. The van der Waals surface area contributed by atoms with Crippen LogP contribution in [0.1, 0.15) is 47.3 Å². The van der Waals surface area contributed by atoms with Crippen molar-refractivity contribution in [2.75, 3.05) is 31.6 Å². The largest absolute Gasteiger partial charge is 0.461 e. The third kappa shape index (κ3) is 5.27. The summed E-state index contributed by atoms with van der Waals surface area (Å²) in [4.78, 5) is 31.6. The van der Waals surface area contributed by atoms with E-state index in [1.807, 2.05) is 6.92 Å². The van der Waals surface area contributed by atoms with E-state index in [-0.39, 0.29) is 5.69 Å². The van der Waals surface area contributed by atoms with Gasteiger partial charge in [0.2, 0.25) is 0 Å². The highest BCUT2D eigenvalue weighted by atomic mass is 19.1. The first-order chi connectivity index (χ1) is 15.0. The zero-order valence-corrected chi connectivity index (χ0v) is 18.0. The molecule has 1 aromatic carbocycles. The van der Waals surface area contributed by atoms with Crippen LogP contribution in [0.25, 0.3) is 5.65 Å². The van der Waals surface area contributed by atoms with Crippen molar-refractivity contribution in [1.29, 1.82) is 0 Å². The molecule has 7 nitrogen and oxygen atoms in total. The lowest BCUT2D eigenvalue weighted by Gasteiger charge is -2.17. The van der Waals surface area contributed by atoms with Crippen molar-refractivity contribution in [1.82, 2.24) is 14.3 Å². The van der Waals surface area contributed by atoms with E-state index in [0.29, 0.717) is 42.2 Å². The van der Waals surface area contributed by atoms with E-state index in [1.165, 1.54) is 22.7 Å². The number of pyridine rings is 1. The number of amides is 1. The lowest BCUT2D eigenvalue weighted by molar-refractivity contribution is 0.0466. The summed E-state index contributed by atoms with van der Waals surface area (Å²) in [6.07, 6.45) is 1.78. The van der Waals surface area contributed by atoms with Crippen LogP contribution in [0.2, 0.25) is 0 Å². The van der Waals surface area contributed by atoms with E-state index >= 15 is 0 Å². The molecule has 3 aromatic rings. The fourth-order valence-corrected chi connectivity index (χ4v) is 3.32. The number of fused-ring (bicyclic) bond motifs is 1. The predicted molar refractivity (Wildman–Crippen MR) is 117 cm³/mol. The number of hydrogen-bond acceptors (Lipinski definition) is 5. The molecule has 1 N–H and O–H groups in total. The van der Waals surface area contributed by atoms with E-state index < -0.39 is 17.7 Å². The maximum absolute atomic E-state index is 13.7. The molecule has 0 unspecified atom stereocenters. The zero-order valence-electron chi connectivity index (χ0n) is 18.0. The smallest absolute Gasteiger partial charge is 0.338 e. The Labute approximate surface area is 180 Å². The Morgan fingerprint density at radius 2 is 1.81 bits per heavy atom. The van der Waals surface area contributed by atoms with Crippen LogP contribution in [-0.2, 0) is 11.2 Å². The number of anilines is 1. The summed E-state index contributed by atoms with van der Waals surface area (Å²) in [6, 6.07) is 9.31. The van der Waals surface area contributed by atoms with Gasteiger partial charge in [-0.25, -0.2) is 14.2 Å². The summed E-state index contributed by atoms with van der Waals surface area (Å²) in [5.41, 5.74) is 2.29. The van der Waals surface area contributed by atoms with Gasteiger partial charge in [-0.05, 0) is 55.9 Å². The van der Waals surface area contributed by atoms with Crippen molar-refractivity contribution < 1.29 is 18.7 Å². The van der Waals surface area contributed by atoms with Crippen LogP contribution in [-0.4, -0.2) is 52.4 Å². The molecule has 0 bridgehead atoms. The van der Waals surface area contributed by atoms with Gasteiger partial charge in [-0.15, -0.1) is 0 Å². The van der Waals surface area contributed by atoms with Gasteiger partial charge in [0.1, 0.15) is 23.8 Å². The van der Waals surface area contributed by atoms with Gasteiger partial charge in [-0.2, -0.15) is 0 Å². The lowest BCUT2D eigenvalue weighted by atomic mass is 10.2. The Balaban J connectivity index is 1.67. The highest BCUT2D eigenvalue weighted by molar-refractivity contribution is 6.04. The maximum Gasteiger partial charge on any atom is 0.338 e. The molecular formula is C23H27FN4O3. The molecule has 0 saturated carbocycles. The first-order valence-electron chi connectivity index (χ1n) is 10.4. The van der Waals surface area contributed by atoms with Crippen molar-refractivity contribution in [3.8, 4) is 0 Å². The molecule has 0 saturated heterocycles. The summed E-state index contributed by atoms with van der Waals surface area (Å²) in [7, 11) is 0. The number of halogens is 1. The summed E-state index contributed by atoms with van der Waals surface area (Å²) in [5, 5.41) is 2.79. The lowest BCUT2D eigenvalue weighted by Crippen LogP contribution is -2.27. The Kier molecular flexibility index (Phi) is 7.36. The van der Waals surface area contributed by atoms with E-state index in [1.54, 1.807) is 24.3 Å². The number of imidazole rings is 1. The number of nitrogens with zero attached hydrogens (tertiary/aromatic N) is 3. The minimum absolute atomic E-state index is 0.289. The Bertz CT molecular complexity index is 1060. The number of hydrogen-bond donors (Lipinski definition) is 1. The van der Waals surface area contributed by atoms with Crippen LogP contribution in [0.4, 0.5) is 10.1 Å². The SMILES string of the molecule is CCc1nc2ccc(F)cn2c1C(=O)Nc1ccc(C(=O)OCCN(CC)CC)cc1. The summed E-state index contributed by atoms with van der Waals surface area (Å²) >= 11 is 0. The molecular weight excluding hydrogens is 399 g/mol. The second-order valence-corrected chi connectivity index (χ2v) is 7.03. The third-order valence-corrected chi connectivity index (χ3v) is 5.12. The van der Waals surface area contributed by atoms with Gasteiger partial charge < -0.3 is 15.0 Å².